The molecular formula is C28H36N4O10. The summed E-state index contributed by atoms with van der Waals surface area (Å²) in [6, 6.07) is 8.00. The van der Waals surface area contributed by atoms with Crippen LogP contribution in [0.2, 0.25) is 0 Å². The molecular weight excluding hydrogens is 552 g/mol. The van der Waals surface area contributed by atoms with Crippen molar-refractivity contribution in [2.24, 2.45) is 5.92 Å². The largest absolute Gasteiger partial charge is 0.480 e. The van der Waals surface area contributed by atoms with Crippen LogP contribution in [0.15, 0.2) is 40.8 Å². The monoisotopic (exact) mass is 588 g/mol. The van der Waals surface area contributed by atoms with Crippen LogP contribution in [-0.4, -0.2) is 87.3 Å². The molecule has 228 valence electrons. The first-order chi connectivity index (χ1) is 20.0. The van der Waals surface area contributed by atoms with Crippen molar-refractivity contribution < 1.29 is 48.6 Å². The number of carbonyl (C=O) groups is 6. The zero-order chi connectivity index (χ0) is 31.2. The van der Waals surface area contributed by atoms with Crippen LogP contribution < -0.4 is 10.6 Å². The summed E-state index contributed by atoms with van der Waals surface area (Å²) in [4.78, 5) is 71.8. The van der Waals surface area contributed by atoms with Crippen LogP contribution >= 0.6 is 0 Å². The highest BCUT2D eigenvalue weighted by Gasteiger charge is 2.30. The summed E-state index contributed by atoms with van der Waals surface area (Å²) in [6.45, 7) is 2.00. The van der Waals surface area contributed by atoms with Crippen LogP contribution in [0.1, 0.15) is 66.9 Å². The molecule has 4 amide bonds. The lowest BCUT2D eigenvalue weighted by atomic mass is 9.90. The number of nitrogens with one attached hydrogen (secondary N) is 2. The van der Waals surface area contributed by atoms with E-state index in [1.807, 2.05) is 6.92 Å². The van der Waals surface area contributed by atoms with Crippen molar-refractivity contribution in [3.8, 4) is 11.3 Å². The summed E-state index contributed by atoms with van der Waals surface area (Å²) in [5.74, 6) is -4.95. The van der Waals surface area contributed by atoms with E-state index in [1.54, 1.807) is 6.92 Å². The minimum Gasteiger partial charge on any atom is -0.480 e. The Hall–Kier alpha value is -4.72. The minimum absolute atomic E-state index is 0.0538. The molecule has 14 heteroatoms. The molecule has 1 aromatic heterocycles. The van der Waals surface area contributed by atoms with Gasteiger partial charge in [0.25, 0.3) is 11.8 Å². The van der Waals surface area contributed by atoms with Gasteiger partial charge in [0.15, 0.2) is 5.76 Å². The topological polar surface area (TPSA) is 207 Å². The third-order valence-electron chi connectivity index (χ3n) is 6.48. The number of rotatable bonds is 18. The lowest BCUT2D eigenvalue weighted by Gasteiger charge is -2.29. The fraction of sp³-hybridized carbons (Fsp3) is 0.429. The number of hydroxylamine groups is 2. The molecule has 0 aliphatic carbocycles. The van der Waals surface area contributed by atoms with Crippen LogP contribution in [0.4, 0.5) is 0 Å². The van der Waals surface area contributed by atoms with Crippen molar-refractivity contribution in [3.63, 3.8) is 0 Å². The fourth-order valence-electron chi connectivity index (χ4n) is 4.38. The SMILES string of the molecule is CCCCCC(C(=O)NCNC(=O)c1ccc(-c2ccc(C(=O)N(CC(=O)O)CC(=O)O)cc2)o1)C(CC)N(O)C=O. The van der Waals surface area contributed by atoms with E-state index in [4.69, 9.17) is 14.6 Å². The summed E-state index contributed by atoms with van der Waals surface area (Å²) >= 11 is 0. The van der Waals surface area contributed by atoms with Gasteiger partial charge < -0.3 is 30.2 Å². The summed E-state index contributed by atoms with van der Waals surface area (Å²) in [7, 11) is 0. The molecule has 2 unspecified atom stereocenters. The van der Waals surface area contributed by atoms with E-state index in [9.17, 15) is 34.0 Å². The van der Waals surface area contributed by atoms with Crippen molar-refractivity contribution in [1.29, 1.82) is 0 Å². The Labute approximate surface area is 242 Å². The van der Waals surface area contributed by atoms with Gasteiger partial charge in [0.2, 0.25) is 12.3 Å². The number of nitrogens with zero attached hydrogens (tertiary/aromatic N) is 2. The van der Waals surface area contributed by atoms with Gasteiger partial charge in [-0.2, -0.15) is 0 Å². The number of carboxylic acids is 2. The molecule has 1 heterocycles. The Kier molecular flexibility index (Phi) is 13.2. The van der Waals surface area contributed by atoms with Gasteiger partial charge in [-0.25, -0.2) is 5.06 Å². The zero-order valence-corrected chi connectivity index (χ0v) is 23.4. The molecule has 0 radical (unpaired) electrons. The van der Waals surface area contributed by atoms with E-state index >= 15 is 0 Å². The van der Waals surface area contributed by atoms with Crippen molar-refractivity contribution in [3.05, 3.63) is 47.7 Å². The summed E-state index contributed by atoms with van der Waals surface area (Å²) < 4.78 is 5.60. The van der Waals surface area contributed by atoms with Gasteiger partial charge in [-0.15, -0.1) is 0 Å². The standard InChI is InChI=1S/C28H36N4O10/c1-3-5-6-7-20(21(4-2)32(41)17-33)26(38)29-16-30-27(39)23-13-12-22(42-23)18-8-10-19(11-9-18)28(40)31(14-24(34)35)15-25(36)37/h8-13,17,20-21,41H,3-7,14-16H2,1-2H3,(H,29,38)(H,30,39)(H,34,35)(H,36,37). The Morgan fingerprint density at radius 3 is 2.12 bits per heavy atom. The molecule has 1 aromatic carbocycles. The van der Waals surface area contributed by atoms with Gasteiger partial charge in [-0.1, -0.05) is 45.2 Å². The van der Waals surface area contributed by atoms with E-state index in [0.717, 1.165) is 19.3 Å². The van der Waals surface area contributed by atoms with Crippen LogP contribution in [0.3, 0.4) is 0 Å². The summed E-state index contributed by atoms with van der Waals surface area (Å²) in [5.41, 5.74) is 0.559. The van der Waals surface area contributed by atoms with Gasteiger partial charge in [0.1, 0.15) is 18.8 Å². The number of hydrogen-bond acceptors (Lipinski definition) is 8. The highest BCUT2D eigenvalue weighted by molar-refractivity contribution is 5.98. The number of furan rings is 1. The summed E-state index contributed by atoms with van der Waals surface area (Å²) in [5, 5.41) is 33.5. The first kappa shape index (κ1) is 33.5. The average Bonchev–Trinajstić information content (AvgIpc) is 3.46. The Morgan fingerprint density at radius 1 is 0.929 bits per heavy atom. The maximum absolute atomic E-state index is 12.9. The highest BCUT2D eigenvalue weighted by Crippen LogP contribution is 2.23. The number of unbranched alkanes of at least 4 members (excludes halogenated alkanes) is 2. The molecule has 0 aliphatic rings. The number of benzene rings is 1. The van der Waals surface area contributed by atoms with Crippen LogP contribution in [0.5, 0.6) is 0 Å². The summed E-state index contributed by atoms with van der Waals surface area (Å²) in [6.07, 6.45) is 3.64. The molecule has 0 spiro atoms. The Balaban J connectivity index is 2.02. The molecule has 14 nitrogen and oxygen atoms in total. The molecule has 2 aromatic rings. The maximum atomic E-state index is 12.9. The molecule has 2 atom stereocenters. The van der Waals surface area contributed by atoms with Crippen molar-refractivity contribution in [2.75, 3.05) is 19.8 Å². The predicted molar refractivity (Wildman–Crippen MR) is 147 cm³/mol. The number of carbonyl (C=O) groups excluding carboxylic acids is 4. The molecule has 0 bridgehead atoms. The fourth-order valence-corrected chi connectivity index (χ4v) is 4.38. The zero-order valence-electron chi connectivity index (χ0n) is 23.4. The molecule has 5 N–H and O–H groups in total. The number of hydrogen-bond donors (Lipinski definition) is 5. The third-order valence-corrected chi connectivity index (χ3v) is 6.48. The lowest BCUT2D eigenvalue weighted by molar-refractivity contribution is -0.168. The quantitative estimate of drug-likeness (QED) is 0.0564. The molecule has 0 fully saturated rings. The Bertz CT molecular complexity index is 1230. The predicted octanol–water partition coefficient (Wildman–Crippen LogP) is 2.18. The van der Waals surface area contributed by atoms with Crippen LogP contribution in [-0.2, 0) is 19.2 Å². The van der Waals surface area contributed by atoms with E-state index in [-0.39, 0.29) is 30.2 Å². The lowest BCUT2D eigenvalue weighted by Crippen LogP contribution is -2.47. The minimum atomic E-state index is -1.35. The first-order valence-corrected chi connectivity index (χ1v) is 13.4. The molecule has 0 saturated carbocycles. The van der Waals surface area contributed by atoms with Gasteiger partial charge in [-0.3, -0.25) is 34.0 Å². The molecule has 0 aliphatic heterocycles. The van der Waals surface area contributed by atoms with Crippen molar-refractivity contribution >= 4 is 36.1 Å². The molecule has 42 heavy (non-hydrogen) atoms. The number of carboxylic acid groups (broad SMARTS) is 2. The second kappa shape index (κ2) is 16.5. The second-order valence-corrected chi connectivity index (χ2v) is 9.48. The highest BCUT2D eigenvalue weighted by atomic mass is 16.5. The van der Waals surface area contributed by atoms with Crippen molar-refractivity contribution in [1.82, 2.24) is 20.6 Å². The van der Waals surface area contributed by atoms with E-state index in [1.165, 1.54) is 36.4 Å². The Morgan fingerprint density at radius 2 is 1.57 bits per heavy atom. The van der Waals surface area contributed by atoms with Crippen LogP contribution in [0.25, 0.3) is 11.3 Å². The maximum Gasteiger partial charge on any atom is 0.323 e. The third kappa shape index (κ3) is 9.73. The van der Waals surface area contributed by atoms with Crippen molar-refractivity contribution in [2.45, 2.75) is 52.0 Å². The first-order valence-electron chi connectivity index (χ1n) is 13.4. The number of amides is 4. The van der Waals surface area contributed by atoms with Gasteiger partial charge in [0, 0.05) is 11.1 Å². The van der Waals surface area contributed by atoms with Crippen LogP contribution in [0, 0.1) is 5.92 Å². The molecule has 0 saturated heterocycles. The number of aliphatic carboxylic acids is 2. The van der Waals surface area contributed by atoms with E-state index in [0.29, 0.717) is 28.4 Å². The van der Waals surface area contributed by atoms with E-state index in [2.05, 4.69) is 10.6 Å². The second-order valence-electron chi connectivity index (χ2n) is 9.48. The molecule has 2 rings (SSSR count). The average molecular weight is 589 g/mol. The van der Waals surface area contributed by atoms with E-state index < -0.39 is 54.7 Å². The smallest absolute Gasteiger partial charge is 0.323 e. The normalized spacial score (nSPS) is 12.1. The van der Waals surface area contributed by atoms with Gasteiger partial charge in [0.05, 0.1) is 18.6 Å². The van der Waals surface area contributed by atoms with Gasteiger partial charge >= 0.3 is 11.9 Å². The van der Waals surface area contributed by atoms with Gasteiger partial charge in [-0.05, 0) is 37.1 Å².